The van der Waals surface area contributed by atoms with Gasteiger partial charge < -0.3 is 20.9 Å². The van der Waals surface area contributed by atoms with Crippen LogP contribution in [0.5, 0.6) is 0 Å². The van der Waals surface area contributed by atoms with Crippen LogP contribution in [0.2, 0.25) is 0 Å². The molecule has 5 nitrogen and oxygen atoms in total. The zero-order valence-electron chi connectivity index (χ0n) is 11.8. The highest BCUT2D eigenvalue weighted by molar-refractivity contribution is 5.74. The molecule has 3 N–H and O–H groups in total. The van der Waals surface area contributed by atoms with Crippen molar-refractivity contribution in [3.63, 3.8) is 0 Å². The highest BCUT2D eigenvalue weighted by atomic mass is 16.2. The third-order valence-electron chi connectivity index (χ3n) is 5.01. The zero-order valence-corrected chi connectivity index (χ0v) is 11.8. The quantitative estimate of drug-likeness (QED) is 0.648. The van der Waals surface area contributed by atoms with Gasteiger partial charge in [-0.25, -0.2) is 4.79 Å². The largest absolute Gasteiger partial charge is 0.334 e. The number of nitrogens with zero attached hydrogens (tertiary/aromatic N) is 1. The Labute approximate surface area is 115 Å². The third-order valence-corrected chi connectivity index (χ3v) is 5.01. The van der Waals surface area contributed by atoms with Gasteiger partial charge in [0.1, 0.15) is 0 Å². The van der Waals surface area contributed by atoms with Gasteiger partial charge in [0.25, 0.3) is 0 Å². The summed E-state index contributed by atoms with van der Waals surface area (Å²) >= 11 is 0. The van der Waals surface area contributed by atoms with E-state index < -0.39 is 0 Å². The average molecular weight is 266 g/mol. The minimum Gasteiger partial charge on any atom is -0.334 e. The molecule has 3 aliphatic heterocycles. The Bertz CT molecular complexity index is 335. The number of piperidine rings is 2. The summed E-state index contributed by atoms with van der Waals surface area (Å²) in [7, 11) is 0. The lowest BCUT2D eigenvalue weighted by Crippen LogP contribution is -2.57. The van der Waals surface area contributed by atoms with E-state index in [0.29, 0.717) is 24.0 Å². The Morgan fingerprint density at radius 2 is 2.11 bits per heavy atom. The van der Waals surface area contributed by atoms with Crippen LogP contribution in [0.15, 0.2) is 0 Å². The van der Waals surface area contributed by atoms with Crippen LogP contribution in [0, 0.1) is 5.92 Å². The van der Waals surface area contributed by atoms with Crippen molar-refractivity contribution < 1.29 is 4.79 Å². The molecule has 108 valence electrons. The van der Waals surface area contributed by atoms with Crippen molar-refractivity contribution in [3.8, 4) is 0 Å². The minimum absolute atomic E-state index is 0.144. The van der Waals surface area contributed by atoms with E-state index in [4.69, 9.17) is 0 Å². The molecule has 0 bridgehead atoms. The molecule has 0 aromatic rings. The number of carbonyl (C=O) groups excluding carboxylic acids is 1. The third kappa shape index (κ3) is 2.87. The van der Waals surface area contributed by atoms with Gasteiger partial charge in [-0.2, -0.15) is 0 Å². The summed E-state index contributed by atoms with van der Waals surface area (Å²) in [4.78, 5) is 14.4. The Hall–Kier alpha value is -0.810. The van der Waals surface area contributed by atoms with Crippen molar-refractivity contribution in [1.82, 2.24) is 20.9 Å². The molecule has 0 aliphatic carbocycles. The van der Waals surface area contributed by atoms with Gasteiger partial charge in [-0.1, -0.05) is 0 Å². The van der Waals surface area contributed by atoms with Gasteiger partial charge in [-0.15, -0.1) is 0 Å². The van der Waals surface area contributed by atoms with Crippen LogP contribution in [0.25, 0.3) is 0 Å². The van der Waals surface area contributed by atoms with Crippen molar-refractivity contribution >= 4 is 6.03 Å². The van der Waals surface area contributed by atoms with E-state index in [0.717, 1.165) is 45.4 Å². The van der Waals surface area contributed by atoms with E-state index in [9.17, 15) is 4.79 Å². The summed E-state index contributed by atoms with van der Waals surface area (Å²) in [6.07, 6.45) is 4.58. The molecule has 5 heteroatoms. The molecule has 0 aromatic heterocycles. The summed E-state index contributed by atoms with van der Waals surface area (Å²) in [5, 5.41) is 10.2. The molecule has 3 rings (SSSR count). The van der Waals surface area contributed by atoms with Crippen LogP contribution in [-0.4, -0.2) is 55.2 Å². The van der Waals surface area contributed by atoms with Crippen LogP contribution < -0.4 is 16.0 Å². The van der Waals surface area contributed by atoms with Gasteiger partial charge in [0.2, 0.25) is 0 Å². The van der Waals surface area contributed by atoms with Gasteiger partial charge in [0.05, 0.1) is 0 Å². The predicted molar refractivity (Wildman–Crippen MR) is 75.1 cm³/mol. The number of amides is 2. The number of nitrogens with one attached hydrogen (secondary N) is 3. The van der Waals surface area contributed by atoms with Crippen LogP contribution >= 0.6 is 0 Å². The molecule has 0 aromatic carbocycles. The maximum atomic E-state index is 12.4. The van der Waals surface area contributed by atoms with Gasteiger partial charge in [0, 0.05) is 31.2 Å². The number of likely N-dealkylation sites (tertiary alicyclic amines) is 1. The molecule has 3 saturated heterocycles. The molecular formula is C14H26N4O. The van der Waals surface area contributed by atoms with Crippen molar-refractivity contribution in [2.24, 2.45) is 5.92 Å². The summed E-state index contributed by atoms with van der Waals surface area (Å²) in [6, 6.07) is 1.48. The second-order valence-electron chi connectivity index (χ2n) is 6.29. The first-order chi connectivity index (χ1) is 9.24. The van der Waals surface area contributed by atoms with Crippen molar-refractivity contribution in [2.45, 2.75) is 50.7 Å². The number of hydrogen-bond acceptors (Lipinski definition) is 3. The summed E-state index contributed by atoms with van der Waals surface area (Å²) in [5.41, 5.74) is 0. The molecule has 4 unspecified atom stereocenters. The lowest BCUT2D eigenvalue weighted by atomic mass is 9.93. The van der Waals surface area contributed by atoms with E-state index in [2.05, 4.69) is 22.9 Å². The second kappa shape index (κ2) is 5.67. The highest BCUT2D eigenvalue weighted by Crippen LogP contribution is 2.24. The first-order valence-corrected chi connectivity index (χ1v) is 7.76. The normalized spacial score (nSPS) is 38.9. The van der Waals surface area contributed by atoms with E-state index in [1.54, 1.807) is 0 Å². The number of fused-ring (bicyclic) bond motifs is 1. The van der Waals surface area contributed by atoms with Gasteiger partial charge in [-0.05, 0) is 51.6 Å². The lowest BCUT2D eigenvalue weighted by molar-refractivity contribution is 0.152. The highest BCUT2D eigenvalue weighted by Gasteiger charge is 2.35. The molecule has 2 amide bonds. The van der Waals surface area contributed by atoms with Crippen LogP contribution in [0.1, 0.15) is 32.6 Å². The molecule has 3 fully saturated rings. The molecule has 4 atom stereocenters. The van der Waals surface area contributed by atoms with Crippen LogP contribution in [0.4, 0.5) is 4.79 Å². The lowest BCUT2D eigenvalue weighted by Gasteiger charge is -2.37. The van der Waals surface area contributed by atoms with E-state index in [1.165, 1.54) is 6.42 Å². The number of rotatable bonds is 1. The summed E-state index contributed by atoms with van der Waals surface area (Å²) < 4.78 is 0. The second-order valence-corrected chi connectivity index (χ2v) is 6.29. The van der Waals surface area contributed by atoms with E-state index in [-0.39, 0.29) is 6.03 Å². The van der Waals surface area contributed by atoms with Crippen molar-refractivity contribution in [3.05, 3.63) is 0 Å². The van der Waals surface area contributed by atoms with E-state index in [1.807, 2.05) is 4.90 Å². The molecule has 3 aliphatic rings. The molecule has 0 spiro atoms. The minimum atomic E-state index is 0.144. The van der Waals surface area contributed by atoms with Crippen LogP contribution in [-0.2, 0) is 0 Å². The summed E-state index contributed by atoms with van der Waals surface area (Å²) in [6.45, 7) is 6.19. The Kier molecular flexibility index (Phi) is 3.93. The standard InChI is InChI=1S/C14H26N4O/c1-10-12(3-2-6-15-10)17-14(19)18-8-5-13-11(9-18)4-7-16-13/h10-13,15-16H,2-9H2,1H3,(H,17,19). The molecular weight excluding hydrogens is 240 g/mol. The number of hydrogen-bond donors (Lipinski definition) is 3. The van der Waals surface area contributed by atoms with Gasteiger partial charge >= 0.3 is 6.03 Å². The van der Waals surface area contributed by atoms with Crippen molar-refractivity contribution in [2.75, 3.05) is 26.2 Å². The van der Waals surface area contributed by atoms with Crippen molar-refractivity contribution in [1.29, 1.82) is 0 Å². The maximum absolute atomic E-state index is 12.4. The van der Waals surface area contributed by atoms with Gasteiger partial charge in [0.15, 0.2) is 0 Å². The Morgan fingerprint density at radius 1 is 1.21 bits per heavy atom. The number of carbonyl (C=O) groups is 1. The zero-order chi connectivity index (χ0) is 13.2. The SMILES string of the molecule is CC1NCCCC1NC(=O)N1CCC2NCCC2C1. The fourth-order valence-corrected chi connectivity index (χ4v) is 3.72. The smallest absolute Gasteiger partial charge is 0.317 e. The Morgan fingerprint density at radius 3 is 2.95 bits per heavy atom. The maximum Gasteiger partial charge on any atom is 0.317 e. The topological polar surface area (TPSA) is 56.4 Å². The molecule has 3 heterocycles. The monoisotopic (exact) mass is 266 g/mol. The number of urea groups is 1. The predicted octanol–water partition coefficient (Wildman–Crippen LogP) is 0.520. The first kappa shape index (κ1) is 13.2. The Balaban J connectivity index is 1.52. The van der Waals surface area contributed by atoms with Gasteiger partial charge in [-0.3, -0.25) is 0 Å². The fraction of sp³-hybridized carbons (Fsp3) is 0.929. The van der Waals surface area contributed by atoms with E-state index >= 15 is 0 Å². The average Bonchev–Trinajstić information content (AvgIpc) is 2.88. The first-order valence-electron chi connectivity index (χ1n) is 7.76. The molecule has 0 radical (unpaired) electrons. The summed E-state index contributed by atoms with van der Waals surface area (Å²) in [5.74, 6) is 0.668. The molecule has 19 heavy (non-hydrogen) atoms. The van der Waals surface area contributed by atoms with Crippen LogP contribution in [0.3, 0.4) is 0 Å². The fourth-order valence-electron chi connectivity index (χ4n) is 3.72. The molecule has 0 saturated carbocycles.